The lowest BCUT2D eigenvalue weighted by Gasteiger charge is -2.35. The predicted octanol–water partition coefficient (Wildman–Crippen LogP) is 3.61. The summed E-state index contributed by atoms with van der Waals surface area (Å²) in [5.74, 6) is 1.85. The number of nitrogens with one attached hydrogen (secondary N) is 1. The van der Waals surface area contributed by atoms with Crippen LogP contribution in [0, 0.1) is 5.92 Å². The van der Waals surface area contributed by atoms with Crippen molar-refractivity contribution in [3.05, 3.63) is 29.8 Å². The molecule has 0 spiro atoms. The molecule has 1 aromatic rings. The van der Waals surface area contributed by atoms with E-state index in [0.29, 0.717) is 0 Å². The molecule has 3 fully saturated rings. The Morgan fingerprint density at radius 2 is 1.70 bits per heavy atom. The molecule has 1 aromatic carbocycles. The van der Waals surface area contributed by atoms with Gasteiger partial charge >= 0.3 is 0 Å². The van der Waals surface area contributed by atoms with Crippen LogP contribution in [0.5, 0.6) is 5.75 Å². The molecule has 4 heteroatoms. The highest BCUT2D eigenvalue weighted by Crippen LogP contribution is 2.31. The van der Waals surface area contributed by atoms with Gasteiger partial charge in [-0.1, -0.05) is 12.1 Å². The lowest BCUT2D eigenvalue weighted by Crippen LogP contribution is -2.46. The van der Waals surface area contributed by atoms with Crippen LogP contribution >= 0.6 is 12.4 Å². The Hall–Kier alpha value is -0.770. The molecule has 4 rings (SSSR count). The van der Waals surface area contributed by atoms with Crippen molar-refractivity contribution < 1.29 is 4.74 Å². The van der Waals surface area contributed by atoms with Crippen molar-refractivity contribution in [2.24, 2.45) is 5.92 Å². The van der Waals surface area contributed by atoms with Gasteiger partial charge in [0.05, 0.1) is 6.61 Å². The van der Waals surface area contributed by atoms with Crippen LogP contribution in [0.4, 0.5) is 0 Å². The molecule has 2 unspecified atom stereocenters. The van der Waals surface area contributed by atoms with E-state index in [4.69, 9.17) is 4.74 Å². The monoisotopic (exact) mass is 336 g/mol. The minimum Gasteiger partial charge on any atom is -0.493 e. The highest BCUT2D eigenvalue weighted by molar-refractivity contribution is 5.85. The lowest BCUT2D eigenvalue weighted by atomic mass is 9.98. The minimum atomic E-state index is 0. The van der Waals surface area contributed by atoms with Gasteiger partial charge in [0.15, 0.2) is 0 Å². The Bertz CT molecular complexity index is 491. The Labute approximate surface area is 146 Å². The van der Waals surface area contributed by atoms with Crippen LogP contribution in [0.2, 0.25) is 0 Å². The third-order valence-electron chi connectivity index (χ3n) is 5.61. The molecule has 1 saturated carbocycles. The zero-order valence-corrected chi connectivity index (χ0v) is 14.9. The maximum atomic E-state index is 5.82. The van der Waals surface area contributed by atoms with Gasteiger partial charge in [-0.2, -0.15) is 0 Å². The van der Waals surface area contributed by atoms with Gasteiger partial charge in [0.25, 0.3) is 0 Å². The van der Waals surface area contributed by atoms with Crippen molar-refractivity contribution in [2.75, 3.05) is 13.7 Å². The van der Waals surface area contributed by atoms with Crippen molar-refractivity contribution in [2.45, 2.75) is 63.2 Å². The third kappa shape index (κ3) is 4.40. The number of rotatable bonds is 6. The first kappa shape index (κ1) is 17.1. The van der Waals surface area contributed by atoms with E-state index in [0.717, 1.165) is 42.9 Å². The normalized spacial score (nSPS) is 29.4. The number of hydrogen-bond donors (Lipinski definition) is 1. The number of hydrogen-bond acceptors (Lipinski definition) is 3. The summed E-state index contributed by atoms with van der Waals surface area (Å²) < 4.78 is 5.82. The van der Waals surface area contributed by atoms with Gasteiger partial charge in [-0.25, -0.2) is 0 Å². The van der Waals surface area contributed by atoms with Crippen LogP contribution in [-0.2, 0) is 6.54 Å². The zero-order chi connectivity index (χ0) is 14.9. The molecule has 23 heavy (non-hydrogen) atoms. The van der Waals surface area contributed by atoms with E-state index in [1.807, 2.05) is 0 Å². The molecule has 128 valence electrons. The SMILES string of the molecule is CN(Cc1ccc(OCC2CC2)cc1)C1CC2CCC(C1)N2.Cl. The van der Waals surface area contributed by atoms with Crippen molar-refractivity contribution in [3.63, 3.8) is 0 Å². The van der Waals surface area contributed by atoms with Crippen LogP contribution in [0.1, 0.15) is 44.1 Å². The van der Waals surface area contributed by atoms with E-state index in [1.165, 1.54) is 44.1 Å². The standard InChI is InChI=1S/C19H28N2O.ClH/c1-21(18-10-16-6-7-17(11-18)20-16)12-14-4-8-19(9-5-14)22-13-15-2-3-15;/h4-5,8-9,15-18,20H,2-3,6-7,10-13H2,1H3;1H. The lowest BCUT2D eigenvalue weighted by molar-refractivity contribution is 0.166. The summed E-state index contributed by atoms with van der Waals surface area (Å²) >= 11 is 0. The summed E-state index contributed by atoms with van der Waals surface area (Å²) in [6.07, 6.45) is 8.08. The van der Waals surface area contributed by atoms with Crippen molar-refractivity contribution in [3.8, 4) is 5.75 Å². The molecule has 1 N–H and O–H groups in total. The molecule has 0 radical (unpaired) electrons. The predicted molar refractivity (Wildman–Crippen MR) is 96.3 cm³/mol. The Kier molecular flexibility index (Phi) is 5.50. The molecular formula is C19H29ClN2O. The van der Waals surface area contributed by atoms with E-state index >= 15 is 0 Å². The van der Waals surface area contributed by atoms with Crippen molar-refractivity contribution in [1.29, 1.82) is 0 Å². The van der Waals surface area contributed by atoms with Gasteiger partial charge in [0.1, 0.15) is 5.75 Å². The number of piperidine rings is 1. The third-order valence-corrected chi connectivity index (χ3v) is 5.61. The molecule has 2 aliphatic heterocycles. The smallest absolute Gasteiger partial charge is 0.119 e. The molecule has 2 bridgehead atoms. The minimum absolute atomic E-state index is 0. The molecule has 2 heterocycles. The number of nitrogens with zero attached hydrogens (tertiary/aromatic N) is 1. The number of fused-ring (bicyclic) bond motifs is 2. The van der Waals surface area contributed by atoms with Gasteiger partial charge in [-0.15, -0.1) is 12.4 Å². The Balaban J connectivity index is 0.00000156. The van der Waals surface area contributed by atoms with E-state index < -0.39 is 0 Å². The number of benzene rings is 1. The van der Waals surface area contributed by atoms with Crippen LogP contribution in [0.3, 0.4) is 0 Å². The van der Waals surface area contributed by atoms with Crippen LogP contribution < -0.4 is 10.1 Å². The summed E-state index contributed by atoms with van der Waals surface area (Å²) in [6, 6.07) is 11.0. The first-order valence-electron chi connectivity index (χ1n) is 8.94. The van der Waals surface area contributed by atoms with Crippen molar-refractivity contribution in [1.82, 2.24) is 10.2 Å². The second-order valence-electron chi connectivity index (χ2n) is 7.58. The molecule has 3 aliphatic rings. The van der Waals surface area contributed by atoms with E-state index in [-0.39, 0.29) is 12.4 Å². The maximum absolute atomic E-state index is 5.82. The highest BCUT2D eigenvalue weighted by atomic mass is 35.5. The molecule has 1 aliphatic carbocycles. The van der Waals surface area contributed by atoms with Gasteiger partial charge in [0.2, 0.25) is 0 Å². The first-order chi connectivity index (χ1) is 10.8. The summed E-state index contributed by atoms with van der Waals surface area (Å²) in [7, 11) is 2.28. The number of ether oxygens (including phenoxy) is 1. The molecule has 3 nitrogen and oxygen atoms in total. The fourth-order valence-corrected chi connectivity index (χ4v) is 3.99. The fourth-order valence-electron chi connectivity index (χ4n) is 3.99. The maximum Gasteiger partial charge on any atom is 0.119 e. The second kappa shape index (κ2) is 7.42. The van der Waals surface area contributed by atoms with Crippen LogP contribution in [-0.4, -0.2) is 36.7 Å². The van der Waals surface area contributed by atoms with Crippen LogP contribution in [0.15, 0.2) is 24.3 Å². The summed E-state index contributed by atoms with van der Waals surface area (Å²) in [5, 5.41) is 3.73. The number of halogens is 1. The average molecular weight is 337 g/mol. The molecule has 2 saturated heterocycles. The average Bonchev–Trinajstić information content (AvgIpc) is 3.31. The fraction of sp³-hybridized carbons (Fsp3) is 0.684. The van der Waals surface area contributed by atoms with E-state index in [9.17, 15) is 0 Å². The molecule has 2 atom stereocenters. The van der Waals surface area contributed by atoms with E-state index in [1.54, 1.807) is 0 Å². The van der Waals surface area contributed by atoms with Gasteiger partial charge in [-0.3, -0.25) is 4.90 Å². The zero-order valence-electron chi connectivity index (χ0n) is 14.0. The molecule has 0 amide bonds. The summed E-state index contributed by atoms with van der Waals surface area (Å²) in [6.45, 7) is 1.95. The van der Waals surface area contributed by atoms with Crippen LogP contribution in [0.25, 0.3) is 0 Å². The van der Waals surface area contributed by atoms with E-state index in [2.05, 4.69) is 41.5 Å². The topological polar surface area (TPSA) is 24.5 Å². The molecular weight excluding hydrogens is 308 g/mol. The highest BCUT2D eigenvalue weighted by Gasteiger charge is 2.34. The molecule has 0 aromatic heterocycles. The second-order valence-corrected chi connectivity index (χ2v) is 7.58. The largest absolute Gasteiger partial charge is 0.493 e. The first-order valence-corrected chi connectivity index (χ1v) is 8.94. The Morgan fingerprint density at radius 1 is 1.04 bits per heavy atom. The van der Waals surface area contributed by atoms with Crippen molar-refractivity contribution >= 4 is 12.4 Å². The van der Waals surface area contributed by atoms with Gasteiger partial charge in [-0.05, 0) is 69.2 Å². The van der Waals surface area contributed by atoms with Gasteiger partial charge in [0, 0.05) is 24.7 Å². The Morgan fingerprint density at radius 3 is 2.30 bits per heavy atom. The summed E-state index contributed by atoms with van der Waals surface area (Å²) in [5.41, 5.74) is 1.40. The quantitative estimate of drug-likeness (QED) is 0.858. The summed E-state index contributed by atoms with van der Waals surface area (Å²) in [4.78, 5) is 2.55. The van der Waals surface area contributed by atoms with Gasteiger partial charge < -0.3 is 10.1 Å².